The van der Waals surface area contributed by atoms with Gasteiger partial charge in [-0.15, -0.1) is 0 Å². The molecular weight excluding hydrogens is 432 g/mol. The average Bonchev–Trinajstić information content (AvgIpc) is 2.78. The highest BCUT2D eigenvalue weighted by Crippen LogP contribution is 2.17. The molecule has 1 aromatic heterocycles. The molecule has 0 atom stereocenters. The minimum absolute atomic E-state index is 0.0170. The molecule has 0 aliphatic rings. The smallest absolute Gasteiger partial charge is 0.276 e. The van der Waals surface area contributed by atoms with Gasteiger partial charge in [-0.25, -0.2) is 8.42 Å². The standard InChI is InChI=1S/C22H22N4O5S/c1-15-3-6-19(13-16(15)2)31-14-21(27)24-25-22(28)17-4-7-20(8-5-17)32(29,30)26-18-9-11-23-12-10-18/h3-13H,14H2,1-2H3,(H,23,26)(H,24,27)(H,25,28). The van der Waals surface area contributed by atoms with E-state index in [9.17, 15) is 18.0 Å². The number of aromatic nitrogens is 1. The van der Waals surface area contributed by atoms with Crippen molar-refractivity contribution in [3.05, 3.63) is 83.7 Å². The zero-order valence-electron chi connectivity index (χ0n) is 17.5. The van der Waals surface area contributed by atoms with Crippen LogP contribution in [0.4, 0.5) is 5.69 Å². The molecule has 3 aromatic rings. The number of carbonyl (C=O) groups excluding carboxylic acids is 2. The van der Waals surface area contributed by atoms with E-state index in [-0.39, 0.29) is 17.1 Å². The second-order valence-electron chi connectivity index (χ2n) is 6.90. The number of ether oxygens (including phenoxy) is 1. The van der Waals surface area contributed by atoms with E-state index in [2.05, 4.69) is 20.6 Å². The topological polar surface area (TPSA) is 126 Å². The van der Waals surface area contributed by atoms with Gasteiger partial charge in [0, 0.05) is 18.0 Å². The normalized spacial score (nSPS) is 10.8. The maximum atomic E-state index is 12.4. The summed E-state index contributed by atoms with van der Waals surface area (Å²) in [7, 11) is -3.82. The first kappa shape index (κ1) is 22.8. The molecule has 10 heteroatoms. The van der Waals surface area contributed by atoms with Crippen LogP contribution in [0.15, 0.2) is 71.9 Å². The van der Waals surface area contributed by atoms with Gasteiger partial charge in [0.15, 0.2) is 6.61 Å². The molecule has 0 radical (unpaired) electrons. The molecule has 0 aliphatic carbocycles. The minimum Gasteiger partial charge on any atom is -0.484 e. The van der Waals surface area contributed by atoms with Gasteiger partial charge >= 0.3 is 0 Å². The maximum absolute atomic E-state index is 12.4. The summed E-state index contributed by atoms with van der Waals surface area (Å²) < 4.78 is 32.7. The zero-order chi connectivity index (χ0) is 23.1. The van der Waals surface area contributed by atoms with Gasteiger partial charge in [0.25, 0.3) is 21.8 Å². The van der Waals surface area contributed by atoms with Crippen molar-refractivity contribution < 1.29 is 22.7 Å². The van der Waals surface area contributed by atoms with Crippen LogP contribution < -0.4 is 20.3 Å². The van der Waals surface area contributed by atoms with Gasteiger partial charge in [0.1, 0.15) is 5.75 Å². The van der Waals surface area contributed by atoms with Crippen LogP contribution in [0.1, 0.15) is 21.5 Å². The maximum Gasteiger partial charge on any atom is 0.276 e. The fraction of sp³-hybridized carbons (Fsp3) is 0.136. The Balaban J connectivity index is 1.52. The lowest BCUT2D eigenvalue weighted by Crippen LogP contribution is -2.43. The number of carbonyl (C=O) groups is 2. The molecule has 0 saturated carbocycles. The molecule has 3 N–H and O–H groups in total. The number of anilines is 1. The third-order valence-electron chi connectivity index (χ3n) is 4.52. The van der Waals surface area contributed by atoms with Gasteiger partial charge in [-0.2, -0.15) is 0 Å². The summed E-state index contributed by atoms with van der Waals surface area (Å²) in [6.07, 6.45) is 2.93. The summed E-state index contributed by atoms with van der Waals surface area (Å²) in [5.41, 5.74) is 7.21. The van der Waals surface area contributed by atoms with Gasteiger partial charge in [-0.05, 0) is 73.5 Å². The minimum atomic E-state index is -3.82. The quantitative estimate of drug-likeness (QED) is 0.471. The fourth-order valence-corrected chi connectivity index (χ4v) is 3.67. The van der Waals surface area contributed by atoms with Crippen LogP contribution in [0, 0.1) is 13.8 Å². The van der Waals surface area contributed by atoms with Crippen molar-refractivity contribution in [2.45, 2.75) is 18.7 Å². The molecule has 2 aromatic carbocycles. The van der Waals surface area contributed by atoms with Crippen LogP contribution in [-0.2, 0) is 14.8 Å². The van der Waals surface area contributed by atoms with Crippen molar-refractivity contribution in [1.29, 1.82) is 0 Å². The number of hydrogen-bond acceptors (Lipinski definition) is 6. The predicted molar refractivity (Wildman–Crippen MR) is 119 cm³/mol. The number of nitrogens with zero attached hydrogens (tertiary/aromatic N) is 1. The van der Waals surface area contributed by atoms with Crippen molar-refractivity contribution in [1.82, 2.24) is 15.8 Å². The number of hydrazine groups is 1. The number of sulfonamides is 1. The van der Waals surface area contributed by atoms with E-state index in [0.717, 1.165) is 11.1 Å². The highest BCUT2D eigenvalue weighted by atomic mass is 32.2. The van der Waals surface area contributed by atoms with Crippen molar-refractivity contribution in [3.63, 3.8) is 0 Å². The van der Waals surface area contributed by atoms with Crippen molar-refractivity contribution in [2.75, 3.05) is 11.3 Å². The number of aryl methyl sites for hydroxylation is 2. The lowest BCUT2D eigenvalue weighted by Gasteiger charge is -2.11. The second kappa shape index (κ2) is 9.92. The molecular formula is C22H22N4O5S. The third kappa shape index (κ3) is 6.05. The molecule has 0 bridgehead atoms. The van der Waals surface area contributed by atoms with Crippen molar-refractivity contribution >= 4 is 27.5 Å². The van der Waals surface area contributed by atoms with E-state index < -0.39 is 21.8 Å². The Hall–Kier alpha value is -3.92. The average molecular weight is 455 g/mol. The lowest BCUT2D eigenvalue weighted by atomic mass is 10.1. The van der Waals surface area contributed by atoms with Gasteiger partial charge in [-0.1, -0.05) is 6.07 Å². The van der Waals surface area contributed by atoms with Gasteiger partial charge in [0.05, 0.1) is 10.6 Å². The number of benzene rings is 2. The van der Waals surface area contributed by atoms with E-state index in [1.54, 1.807) is 6.07 Å². The number of pyridine rings is 1. The Morgan fingerprint density at radius 2 is 1.59 bits per heavy atom. The first-order valence-electron chi connectivity index (χ1n) is 9.57. The zero-order valence-corrected chi connectivity index (χ0v) is 18.3. The van der Waals surface area contributed by atoms with Crippen LogP contribution in [0.3, 0.4) is 0 Å². The van der Waals surface area contributed by atoms with Crippen LogP contribution in [0.25, 0.3) is 0 Å². The molecule has 0 unspecified atom stereocenters. The lowest BCUT2D eigenvalue weighted by molar-refractivity contribution is -0.123. The molecule has 2 amide bonds. The van der Waals surface area contributed by atoms with Crippen LogP contribution in [0.5, 0.6) is 5.75 Å². The Kier molecular flexibility index (Phi) is 7.06. The molecule has 32 heavy (non-hydrogen) atoms. The highest BCUT2D eigenvalue weighted by molar-refractivity contribution is 7.92. The van der Waals surface area contributed by atoms with Gasteiger partial charge in [0.2, 0.25) is 0 Å². The van der Waals surface area contributed by atoms with E-state index >= 15 is 0 Å². The molecule has 166 valence electrons. The SMILES string of the molecule is Cc1ccc(OCC(=O)NNC(=O)c2ccc(S(=O)(=O)Nc3ccncc3)cc2)cc1C. The van der Waals surface area contributed by atoms with Crippen molar-refractivity contribution in [2.24, 2.45) is 0 Å². The van der Waals surface area contributed by atoms with E-state index in [1.165, 1.54) is 48.8 Å². The molecule has 1 heterocycles. The molecule has 0 fully saturated rings. The van der Waals surface area contributed by atoms with E-state index in [4.69, 9.17) is 4.74 Å². The van der Waals surface area contributed by atoms with Crippen LogP contribution in [0.2, 0.25) is 0 Å². The Morgan fingerprint density at radius 3 is 2.25 bits per heavy atom. The second-order valence-corrected chi connectivity index (χ2v) is 8.59. The van der Waals surface area contributed by atoms with Crippen LogP contribution in [-0.4, -0.2) is 31.8 Å². The molecule has 0 spiro atoms. The highest BCUT2D eigenvalue weighted by Gasteiger charge is 2.15. The Bertz CT molecular complexity index is 1210. The van der Waals surface area contributed by atoms with Crippen LogP contribution >= 0.6 is 0 Å². The summed E-state index contributed by atoms with van der Waals surface area (Å²) in [4.78, 5) is 27.9. The fourth-order valence-electron chi connectivity index (χ4n) is 2.61. The number of hydrogen-bond donors (Lipinski definition) is 3. The largest absolute Gasteiger partial charge is 0.484 e. The van der Waals surface area contributed by atoms with Gasteiger partial charge < -0.3 is 4.74 Å². The van der Waals surface area contributed by atoms with E-state index in [0.29, 0.717) is 11.4 Å². The third-order valence-corrected chi connectivity index (χ3v) is 5.92. The van der Waals surface area contributed by atoms with Crippen molar-refractivity contribution in [3.8, 4) is 5.75 Å². The summed E-state index contributed by atoms with van der Waals surface area (Å²) in [6, 6.07) is 13.8. The summed E-state index contributed by atoms with van der Waals surface area (Å²) >= 11 is 0. The Morgan fingerprint density at radius 1 is 0.906 bits per heavy atom. The monoisotopic (exact) mass is 454 g/mol. The summed E-state index contributed by atoms with van der Waals surface area (Å²) in [5, 5.41) is 0. The van der Waals surface area contributed by atoms with Gasteiger partial charge in [-0.3, -0.25) is 30.1 Å². The summed E-state index contributed by atoms with van der Waals surface area (Å²) in [5.74, 6) is -0.598. The molecule has 9 nitrogen and oxygen atoms in total. The molecule has 3 rings (SSSR count). The first-order valence-corrected chi connectivity index (χ1v) is 11.0. The van der Waals surface area contributed by atoms with E-state index in [1.807, 2.05) is 26.0 Å². The summed E-state index contributed by atoms with van der Waals surface area (Å²) in [6.45, 7) is 3.63. The predicted octanol–water partition coefficient (Wildman–Crippen LogP) is 2.34. The number of rotatable bonds is 7. The number of nitrogens with one attached hydrogen (secondary N) is 3. The number of amides is 2. The molecule has 0 saturated heterocycles. The molecule has 0 aliphatic heterocycles. The Labute approximate surface area is 185 Å². The first-order chi connectivity index (χ1) is 15.2.